The molecule has 5 N–H and O–H groups in total. The molecule has 22 heavy (non-hydrogen) atoms. The number of nitrogens with two attached hydrogens (primary N) is 1. The summed E-state index contributed by atoms with van der Waals surface area (Å²) in [5.41, 5.74) is 5.74. The van der Waals surface area contributed by atoms with Crippen LogP contribution in [0.3, 0.4) is 0 Å². The van der Waals surface area contributed by atoms with Crippen molar-refractivity contribution in [2.75, 3.05) is 25.5 Å². The number of carboxylic acids is 1. The van der Waals surface area contributed by atoms with Crippen molar-refractivity contribution in [1.29, 1.82) is 0 Å². The van der Waals surface area contributed by atoms with E-state index in [1.54, 1.807) is 12.1 Å². The molecule has 7 nitrogen and oxygen atoms in total. The van der Waals surface area contributed by atoms with Crippen LogP contribution in [-0.2, 0) is 9.59 Å². The molecule has 0 bridgehead atoms. The Balaban J connectivity index is 2.67. The van der Waals surface area contributed by atoms with Crippen LogP contribution in [0.1, 0.15) is 12.8 Å². The second-order valence-electron chi connectivity index (χ2n) is 4.58. The highest BCUT2D eigenvalue weighted by atomic mass is 35.5. The van der Waals surface area contributed by atoms with Gasteiger partial charge in [0.05, 0.1) is 19.2 Å². The van der Waals surface area contributed by atoms with Gasteiger partial charge in [0.1, 0.15) is 11.8 Å². The van der Waals surface area contributed by atoms with Crippen molar-refractivity contribution in [2.24, 2.45) is 5.73 Å². The van der Waals surface area contributed by atoms with Crippen molar-refractivity contribution < 1.29 is 19.4 Å². The van der Waals surface area contributed by atoms with Gasteiger partial charge in [0.2, 0.25) is 5.91 Å². The summed E-state index contributed by atoms with van der Waals surface area (Å²) in [5, 5.41) is 14.9. The molecule has 0 aliphatic heterocycles. The van der Waals surface area contributed by atoms with Crippen molar-refractivity contribution in [1.82, 2.24) is 5.32 Å². The molecular weight excluding hydrogens is 310 g/mol. The van der Waals surface area contributed by atoms with Crippen LogP contribution in [0.15, 0.2) is 18.2 Å². The zero-order chi connectivity index (χ0) is 16.5. The first kappa shape index (κ1) is 18.2. The molecule has 0 spiro atoms. The number of amides is 1. The Kier molecular flexibility index (Phi) is 7.65. The quantitative estimate of drug-likeness (QED) is 0.504. The molecule has 8 heteroatoms. The largest absolute Gasteiger partial charge is 0.495 e. The summed E-state index contributed by atoms with van der Waals surface area (Å²) in [7, 11) is 1.47. The lowest BCUT2D eigenvalue weighted by molar-refractivity contribution is -0.141. The number of ether oxygens (including phenoxy) is 1. The van der Waals surface area contributed by atoms with Gasteiger partial charge in [-0.1, -0.05) is 11.6 Å². The lowest BCUT2D eigenvalue weighted by atomic mass is 10.2. The Labute approximate surface area is 133 Å². The normalized spacial score (nSPS) is 11.8. The van der Waals surface area contributed by atoms with Gasteiger partial charge in [-0.15, -0.1) is 0 Å². The molecule has 0 saturated heterocycles. The second-order valence-corrected chi connectivity index (χ2v) is 5.02. The van der Waals surface area contributed by atoms with Crippen LogP contribution in [0, 0.1) is 0 Å². The third-order valence-electron chi connectivity index (χ3n) is 2.89. The van der Waals surface area contributed by atoms with Gasteiger partial charge in [-0.25, -0.2) is 0 Å². The molecule has 1 aromatic rings. The molecule has 0 saturated carbocycles. The third kappa shape index (κ3) is 5.88. The smallest absolute Gasteiger partial charge is 0.321 e. The van der Waals surface area contributed by atoms with Gasteiger partial charge < -0.3 is 26.2 Å². The first-order valence-corrected chi connectivity index (χ1v) is 7.15. The van der Waals surface area contributed by atoms with E-state index in [1.165, 1.54) is 13.2 Å². The summed E-state index contributed by atoms with van der Waals surface area (Å²) in [6, 6.07) is 3.81. The average Bonchev–Trinajstić information content (AvgIpc) is 2.46. The van der Waals surface area contributed by atoms with Gasteiger partial charge in [0, 0.05) is 5.02 Å². The number of nitrogens with one attached hydrogen (secondary N) is 2. The van der Waals surface area contributed by atoms with E-state index in [9.17, 15) is 9.59 Å². The summed E-state index contributed by atoms with van der Waals surface area (Å²) in [6.07, 6.45) is 0.420. The van der Waals surface area contributed by atoms with Gasteiger partial charge in [-0.2, -0.15) is 0 Å². The van der Waals surface area contributed by atoms with Crippen molar-refractivity contribution in [3.63, 3.8) is 0 Å². The number of methoxy groups -OCH3 is 1. The van der Waals surface area contributed by atoms with Crippen LogP contribution in [0.4, 0.5) is 5.69 Å². The van der Waals surface area contributed by atoms with Crippen LogP contribution in [0.5, 0.6) is 5.75 Å². The molecule has 0 unspecified atom stereocenters. The van der Waals surface area contributed by atoms with Crippen LogP contribution in [0.25, 0.3) is 0 Å². The molecule has 0 aliphatic rings. The summed E-state index contributed by atoms with van der Waals surface area (Å²) >= 11 is 5.87. The average molecular weight is 330 g/mol. The van der Waals surface area contributed by atoms with Gasteiger partial charge in [0.15, 0.2) is 0 Å². The fourth-order valence-electron chi connectivity index (χ4n) is 1.79. The Bertz CT molecular complexity index is 525. The van der Waals surface area contributed by atoms with E-state index < -0.39 is 17.9 Å². The number of carbonyl (C=O) groups excluding carboxylic acids is 1. The van der Waals surface area contributed by atoms with Crippen molar-refractivity contribution in [3.8, 4) is 5.75 Å². The van der Waals surface area contributed by atoms with Gasteiger partial charge in [-0.05, 0) is 37.7 Å². The van der Waals surface area contributed by atoms with Crippen LogP contribution >= 0.6 is 11.6 Å². The van der Waals surface area contributed by atoms with Crippen molar-refractivity contribution in [3.05, 3.63) is 23.2 Å². The number of carboxylic acid groups (broad SMARTS) is 1. The maximum absolute atomic E-state index is 12.0. The van der Waals surface area contributed by atoms with Crippen molar-refractivity contribution >= 4 is 29.2 Å². The fraction of sp³-hybridized carbons (Fsp3) is 0.429. The topological polar surface area (TPSA) is 114 Å². The number of anilines is 1. The van der Waals surface area contributed by atoms with Gasteiger partial charge >= 0.3 is 5.97 Å². The zero-order valence-electron chi connectivity index (χ0n) is 12.3. The van der Waals surface area contributed by atoms with Gasteiger partial charge in [-0.3, -0.25) is 9.59 Å². The molecular formula is C14H20ClN3O4. The zero-order valence-corrected chi connectivity index (χ0v) is 13.0. The van der Waals surface area contributed by atoms with E-state index in [1.807, 2.05) is 0 Å². The third-order valence-corrected chi connectivity index (χ3v) is 3.13. The summed E-state index contributed by atoms with van der Waals surface area (Å²) in [5.74, 6) is -1.10. The predicted octanol–water partition coefficient (Wildman–Crippen LogP) is 1.07. The summed E-state index contributed by atoms with van der Waals surface area (Å²) < 4.78 is 5.11. The molecule has 1 atom stereocenters. The Morgan fingerprint density at radius 2 is 2.18 bits per heavy atom. The standard InChI is InChI=1S/C14H20ClN3O4/c1-22-12-4-3-9(15)7-10(12)18-13(19)8-11(14(20)21)17-6-2-5-16/h3-4,7,11,17H,2,5-6,8,16H2,1H3,(H,18,19)(H,20,21)/t11-/m0/s1. The Morgan fingerprint density at radius 3 is 2.77 bits per heavy atom. The Morgan fingerprint density at radius 1 is 1.45 bits per heavy atom. The number of benzene rings is 1. The minimum atomic E-state index is -1.09. The maximum atomic E-state index is 12.0. The number of halogens is 1. The molecule has 122 valence electrons. The molecule has 0 aliphatic carbocycles. The van der Waals surface area contributed by atoms with E-state index in [2.05, 4.69) is 10.6 Å². The SMILES string of the molecule is COc1ccc(Cl)cc1NC(=O)C[C@H](NCCCN)C(=O)O. The molecule has 0 radical (unpaired) electrons. The minimum Gasteiger partial charge on any atom is -0.495 e. The van der Waals surface area contributed by atoms with E-state index in [0.717, 1.165) is 0 Å². The molecule has 0 aromatic heterocycles. The monoisotopic (exact) mass is 329 g/mol. The van der Waals surface area contributed by atoms with E-state index in [-0.39, 0.29) is 6.42 Å². The van der Waals surface area contributed by atoms with Gasteiger partial charge in [0.25, 0.3) is 0 Å². The number of aliphatic carboxylic acids is 1. The molecule has 0 fully saturated rings. The lowest BCUT2D eigenvalue weighted by Gasteiger charge is -2.15. The predicted molar refractivity (Wildman–Crippen MR) is 84.3 cm³/mol. The highest BCUT2D eigenvalue weighted by molar-refractivity contribution is 6.31. The number of hydrogen-bond donors (Lipinski definition) is 4. The van der Waals surface area contributed by atoms with E-state index in [4.69, 9.17) is 27.2 Å². The van der Waals surface area contributed by atoms with Crippen LogP contribution < -0.4 is 21.1 Å². The van der Waals surface area contributed by atoms with E-state index in [0.29, 0.717) is 36.0 Å². The summed E-state index contributed by atoms with van der Waals surface area (Å²) in [6.45, 7) is 0.881. The molecule has 0 heterocycles. The highest BCUT2D eigenvalue weighted by Crippen LogP contribution is 2.27. The maximum Gasteiger partial charge on any atom is 0.321 e. The minimum absolute atomic E-state index is 0.213. The van der Waals surface area contributed by atoms with Crippen LogP contribution in [0.2, 0.25) is 5.02 Å². The molecule has 1 rings (SSSR count). The van der Waals surface area contributed by atoms with E-state index >= 15 is 0 Å². The number of carbonyl (C=O) groups is 2. The highest BCUT2D eigenvalue weighted by Gasteiger charge is 2.21. The summed E-state index contributed by atoms with van der Waals surface area (Å²) in [4.78, 5) is 23.1. The molecule has 1 aromatic carbocycles. The van der Waals surface area contributed by atoms with Crippen LogP contribution in [-0.4, -0.2) is 43.2 Å². The van der Waals surface area contributed by atoms with Crippen molar-refractivity contribution in [2.45, 2.75) is 18.9 Å². The first-order chi connectivity index (χ1) is 10.5. The Hall–Kier alpha value is -1.83. The first-order valence-electron chi connectivity index (χ1n) is 6.77. The lowest BCUT2D eigenvalue weighted by Crippen LogP contribution is -2.40. The second kappa shape index (κ2) is 9.24. The fourth-order valence-corrected chi connectivity index (χ4v) is 1.96. The number of rotatable bonds is 9. The number of hydrogen-bond acceptors (Lipinski definition) is 5. The molecule has 1 amide bonds.